The Bertz CT molecular complexity index is 336. The summed E-state index contributed by atoms with van der Waals surface area (Å²) in [6.07, 6.45) is 3.98. The number of pyridine rings is 1. The van der Waals surface area contributed by atoms with E-state index in [0.717, 1.165) is 12.8 Å². The lowest BCUT2D eigenvalue weighted by atomic mass is 10.3. The topological polar surface area (TPSA) is 39.2 Å². The van der Waals surface area contributed by atoms with Crippen LogP contribution in [0.4, 0.5) is 4.39 Å². The van der Waals surface area contributed by atoms with Gasteiger partial charge in [0.15, 0.2) is 12.1 Å². The zero-order valence-corrected chi connectivity index (χ0v) is 6.87. The Morgan fingerprint density at radius 1 is 1.62 bits per heavy atom. The quantitative estimate of drug-likeness (QED) is 0.664. The number of nitrogens with zero attached hydrogens (tertiary/aromatic N) is 1. The van der Waals surface area contributed by atoms with E-state index in [1.54, 1.807) is 0 Å². The van der Waals surface area contributed by atoms with Gasteiger partial charge in [-0.3, -0.25) is 4.79 Å². The molecule has 0 saturated heterocycles. The third-order valence-electron chi connectivity index (χ3n) is 1.78. The molecule has 0 N–H and O–H groups in total. The normalized spacial score (nSPS) is 15.5. The molecule has 1 aliphatic carbocycles. The Balaban J connectivity index is 2.18. The molecule has 0 atom stereocenters. The first-order valence-corrected chi connectivity index (χ1v) is 4.07. The summed E-state index contributed by atoms with van der Waals surface area (Å²) in [6, 6.07) is 1.19. The van der Waals surface area contributed by atoms with Crippen LogP contribution in [0.1, 0.15) is 23.3 Å². The summed E-state index contributed by atoms with van der Waals surface area (Å²) >= 11 is 0. The van der Waals surface area contributed by atoms with Crippen molar-refractivity contribution in [3.05, 3.63) is 23.8 Å². The van der Waals surface area contributed by atoms with Gasteiger partial charge in [-0.25, -0.2) is 9.37 Å². The fourth-order valence-corrected chi connectivity index (χ4v) is 0.960. The summed E-state index contributed by atoms with van der Waals surface area (Å²) in [6.45, 7) is 0. The molecule has 0 spiro atoms. The number of carbonyl (C=O) groups excluding carboxylic acids is 1. The van der Waals surface area contributed by atoms with E-state index >= 15 is 0 Å². The minimum atomic E-state index is -0.631. The van der Waals surface area contributed by atoms with Crippen LogP contribution in [0.2, 0.25) is 0 Å². The molecule has 0 amide bonds. The molecule has 1 aromatic heterocycles. The van der Waals surface area contributed by atoms with Gasteiger partial charge in [0.05, 0.1) is 12.3 Å². The van der Waals surface area contributed by atoms with Crippen LogP contribution in [0, 0.1) is 5.82 Å². The molecule has 13 heavy (non-hydrogen) atoms. The molecule has 0 aromatic carbocycles. The van der Waals surface area contributed by atoms with Crippen LogP contribution < -0.4 is 4.74 Å². The van der Waals surface area contributed by atoms with Crippen molar-refractivity contribution in [2.24, 2.45) is 0 Å². The van der Waals surface area contributed by atoms with E-state index in [2.05, 4.69) is 4.98 Å². The number of rotatable bonds is 3. The van der Waals surface area contributed by atoms with Gasteiger partial charge in [0.1, 0.15) is 11.4 Å². The van der Waals surface area contributed by atoms with Crippen LogP contribution in [-0.2, 0) is 0 Å². The third-order valence-corrected chi connectivity index (χ3v) is 1.78. The first-order valence-electron chi connectivity index (χ1n) is 4.07. The summed E-state index contributed by atoms with van der Waals surface area (Å²) in [5, 5.41) is 0. The number of hydrogen-bond acceptors (Lipinski definition) is 3. The van der Waals surface area contributed by atoms with Crippen molar-refractivity contribution in [3.8, 4) is 5.75 Å². The molecule has 1 aromatic rings. The van der Waals surface area contributed by atoms with Gasteiger partial charge < -0.3 is 4.74 Å². The number of ether oxygens (including phenoxy) is 1. The van der Waals surface area contributed by atoms with Crippen LogP contribution >= 0.6 is 0 Å². The zero-order valence-electron chi connectivity index (χ0n) is 6.87. The van der Waals surface area contributed by atoms with E-state index in [1.807, 2.05) is 0 Å². The highest BCUT2D eigenvalue weighted by Gasteiger charge is 2.23. The molecule has 0 aliphatic heterocycles. The molecule has 68 valence electrons. The monoisotopic (exact) mass is 181 g/mol. The fourth-order valence-electron chi connectivity index (χ4n) is 0.960. The summed E-state index contributed by atoms with van der Waals surface area (Å²) in [4.78, 5) is 13.8. The predicted octanol–water partition coefficient (Wildman–Crippen LogP) is 1.57. The number of aldehydes is 1. The summed E-state index contributed by atoms with van der Waals surface area (Å²) < 4.78 is 18.2. The largest absolute Gasteiger partial charge is 0.489 e. The molecule has 4 heteroatoms. The molecule has 2 rings (SSSR count). The van der Waals surface area contributed by atoms with Gasteiger partial charge in [0.2, 0.25) is 0 Å². The van der Waals surface area contributed by atoms with Gasteiger partial charge in [0, 0.05) is 6.07 Å². The van der Waals surface area contributed by atoms with E-state index in [9.17, 15) is 9.18 Å². The van der Waals surface area contributed by atoms with E-state index in [-0.39, 0.29) is 11.8 Å². The fraction of sp³-hybridized carbons (Fsp3) is 0.333. The summed E-state index contributed by atoms with van der Waals surface area (Å²) in [5.74, 6) is -0.237. The van der Waals surface area contributed by atoms with E-state index in [0.29, 0.717) is 12.0 Å². The SMILES string of the molecule is O=Cc1ncc(OC2CC2)cc1F. The second-order valence-electron chi connectivity index (χ2n) is 2.97. The lowest BCUT2D eigenvalue weighted by molar-refractivity contribution is 0.111. The highest BCUT2D eigenvalue weighted by Crippen LogP contribution is 2.26. The number of hydrogen-bond donors (Lipinski definition) is 0. The van der Waals surface area contributed by atoms with Gasteiger partial charge in [0.25, 0.3) is 0 Å². The molecule has 1 fully saturated rings. The van der Waals surface area contributed by atoms with Gasteiger partial charge in [-0.15, -0.1) is 0 Å². The summed E-state index contributed by atoms with van der Waals surface area (Å²) in [7, 11) is 0. The van der Waals surface area contributed by atoms with Crippen LogP contribution in [0.25, 0.3) is 0 Å². The Morgan fingerprint density at radius 2 is 2.38 bits per heavy atom. The van der Waals surface area contributed by atoms with Crippen molar-refractivity contribution < 1.29 is 13.9 Å². The lowest BCUT2D eigenvalue weighted by Crippen LogP contribution is -1.99. The minimum absolute atomic E-state index is 0.178. The maximum absolute atomic E-state index is 12.9. The Morgan fingerprint density at radius 3 is 2.92 bits per heavy atom. The van der Waals surface area contributed by atoms with E-state index < -0.39 is 5.82 Å². The zero-order chi connectivity index (χ0) is 9.26. The first-order chi connectivity index (χ1) is 6.29. The van der Waals surface area contributed by atoms with Crippen LogP contribution in [0.5, 0.6) is 5.75 Å². The first kappa shape index (κ1) is 8.16. The average molecular weight is 181 g/mol. The molecule has 1 saturated carbocycles. The highest BCUT2D eigenvalue weighted by molar-refractivity contribution is 5.72. The minimum Gasteiger partial charge on any atom is -0.489 e. The second kappa shape index (κ2) is 3.12. The number of carbonyl (C=O) groups is 1. The molecule has 1 aliphatic rings. The van der Waals surface area contributed by atoms with E-state index in [1.165, 1.54) is 12.3 Å². The molecular weight excluding hydrogens is 173 g/mol. The Hall–Kier alpha value is -1.45. The van der Waals surface area contributed by atoms with Gasteiger partial charge in [-0.2, -0.15) is 0 Å². The van der Waals surface area contributed by atoms with Crippen molar-refractivity contribution in [1.29, 1.82) is 0 Å². The van der Waals surface area contributed by atoms with Crippen LogP contribution in [0.3, 0.4) is 0 Å². The number of halogens is 1. The maximum atomic E-state index is 12.9. The molecule has 0 unspecified atom stereocenters. The average Bonchev–Trinajstić information content (AvgIpc) is 2.89. The van der Waals surface area contributed by atoms with Crippen molar-refractivity contribution in [3.63, 3.8) is 0 Å². The molecule has 0 radical (unpaired) electrons. The van der Waals surface area contributed by atoms with Crippen molar-refractivity contribution >= 4 is 6.29 Å². The maximum Gasteiger partial charge on any atom is 0.171 e. The van der Waals surface area contributed by atoms with Gasteiger partial charge in [-0.1, -0.05) is 0 Å². The third kappa shape index (κ3) is 1.83. The Kier molecular flexibility index (Phi) is 1.96. The van der Waals surface area contributed by atoms with Crippen LogP contribution in [-0.4, -0.2) is 17.4 Å². The second-order valence-corrected chi connectivity index (χ2v) is 2.97. The molecule has 1 heterocycles. The molecular formula is C9H8FNO2. The molecule has 0 bridgehead atoms. The predicted molar refractivity (Wildman–Crippen MR) is 43.2 cm³/mol. The molecule has 3 nitrogen and oxygen atoms in total. The van der Waals surface area contributed by atoms with E-state index in [4.69, 9.17) is 4.74 Å². The van der Waals surface area contributed by atoms with Crippen molar-refractivity contribution in [1.82, 2.24) is 4.98 Å². The van der Waals surface area contributed by atoms with Gasteiger partial charge >= 0.3 is 0 Å². The van der Waals surface area contributed by atoms with Crippen molar-refractivity contribution in [2.45, 2.75) is 18.9 Å². The summed E-state index contributed by atoms with van der Waals surface area (Å²) in [5.41, 5.74) is -0.178. The Labute approximate surface area is 74.5 Å². The lowest BCUT2D eigenvalue weighted by Gasteiger charge is -2.03. The number of aromatic nitrogens is 1. The smallest absolute Gasteiger partial charge is 0.171 e. The van der Waals surface area contributed by atoms with Crippen LogP contribution in [0.15, 0.2) is 12.3 Å². The van der Waals surface area contributed by atoms with Crippen molar-refractivity contribution in [2.75, 3.05) is 0 Å². The van der Waals surface area contributed by atoms with Gasteiger partial charge in [-0.05, 0) is 12.8 Å². The highest BCUT2D eigenvalue weighted by atomic mass is 19.1. The standard InChI is InChI=1S/C9H8FNO2/c10-8-3-7(13-6-1-2-6)4-11-9(8)5-12/h3-6H,1-2H2.